The Balaban J connectivity index is 2.17. The molecule has 1 aliphatic carbocycles. The van der Waals surface area contributed by atoms with Gasteiger partial charge in [-0.15, -0.1) is 0 Å². The molecular formula is C20H21ClO5. The molecule has 2 aromatic rings. The smallest absolute Gasteiger partial charge is 0.161 e. The van der Waals surface area contributed by atoms with E-state index in [4.69, 9.17) is 35.3 Å². The van der Waals surface area contributed by atoms with Crippen LogP contribution >= 0.6 is 11.6 Å². The molecule has 0 bridgehead atoms. The summed E-state index contributed by atoms with van der Waals surface area (Å²) < 4.78 is 27.3. The van der Waals surface area contributed by atoms with Gasteiger partial charge in [0.25, 0.3) is 0 Å². The molecule has 0 aromatic heterocycles. The number of halogens is 1. The Bertz CT molecular complexity index is 860. The van der Waals surface area contributed by atoms with E-state index >= 15 is 0 Å². The summed E-state index contributed by atoms with van der Waals surface area (Å²) in [4.78, 5) is 0. The Morgan fingerprint density at radius 2 is 1.31 bits per heavy atom. The number of fused-ring (bicyclic) bond motifs is 1. The Kier molecular flexibility index (Phi) is 5.30. The molecule has 2 aromatic carbocycles. The van der Waals surface area contributed by atoms with Crippen molar-refractivity contribution in [2.24, 2.45) is 0 Å². The van der Waals surface area contributed by atoms with Crippen LogP contribution in [-0.4, -0.2) is 35.5 Å². The van der Waals surface area contributed by atoms with E-state index in [2.05, 4.69) is 0 Å². The van der Waals surface area contributed by atoms with Gasteiger partial charge < -0.3 is 23.7 Å². The van der Waals surface area contributed by atoms with Crippen molar-refractivity contribution in [1.29, 1.82) is 0 Å². The third-order valence-electron chi connectivity index (χ3n) is 4.50. The van der Waals surface area contributed by atoms with Crippen LogP contribution in [0.4, 0.5) is 0 Å². The van der Waals surface area contributed by atoms with Gasteiger partial charge in [0.1, 0.15) is 6.10 Å². The van der Waals surface area contributed by atoms with Crippen LogP contribution in [0.1, 0.15) is 22.8 Å². The van der Waals surface area contributed by atoms with E-state index in [0.717, 1.165) is 22.3 Å². The van der Waals surface area contributed by atoms with Gasteiger partial charge in [0.15, 0.2) is 23.0 Å². The molecule has 0 aliphatic heterocycles. The van der Waals surface area contributed by atoms with Crippen molar-refractivity contribution in [3.63, 3.8) is 0 Å². The maximum absolute atomic E-state index is 6.74. The zero-order valence-corrected chi connectivity index (χ0v) is 16.1. The third-order valence-corrected chi connectivity index (χ3v) is 4.91. The number of rotatable bonds is 6. The van der Waals surface area contributed by atoms with Crippen LogP contribution < -0.4 is 18.9 Å². The molecule has 0 saturated carbocycles. The second kappa shape index (κ2) is 7.48. The summed E-state index contributed by atoms with van der Waals surface area (Å²) in [7, 11) is 8.06. The van der Waals surface area contributed by atoms with E-state index < -0.39 is 0 Å². The molecule has 3 rings (SSSR count). The first-order valence-corrected chi connectivity index (χ1v) is 8.38. The number of benzene rings is 2. The van der Waals surface area contributed by atoms with Crippen LogP contribution in [0.3, 0.4) is 0 Å². The minimum absolute atomic E-state index is 0.324. The Morgan fingerprint density at radius 3 is 1.88 bits per heavy atom. The average Bonchev–Trinajstić information content (AvgIpc) is 2.97. The monoisotopic (exact) mass is 376 g/mol. The van der Waals surface area contributed by atoms with Gasteiger partial charge in [-0.3, -0.25) is 0 Å². The van der Waals surface area contributed by atoms with E-state index in [1.807, 2.05) is 30.3 Å². The highest BCUT2D eigenvalue weighted by atomic mass is 35.5. The predicted molar refractivity (Wildman–Crippen MR) is 102 cm³/mol. The molecule has 6 heteroatoms. The number of ether oxygens (including phenoxy) is 5. The Hall–Kier alpha value is -2.37. The highest BCUT2D eigenvalue weighted by molar-refractivity contribution is 6.53. The summed E-state index contributed by atoms with van der Waals surface area (Å²) in [6.45, 7) is 0. The average molecular weight is 377 g/mol. The van der Waals surface area contributed by atoms with Gasteiger partial charge in [-0.2, -0.15) is 0 Å². The van der Waals surface area contributed by atoms with Crippen molar-refractivity contribution < 1.29 is 23.7 Å². The molecular weight excluding hydrogens is 356 g/mol. The number of methoxy groups -OCH3 is 5. The zero-order valence-electron chi connectivity index (χ0n) is 15.4. The van der Waals surface area contributed by atoms with Gasteiger partial charge in [0, 0.05) is 18.2 Å². The van der Waals surface area contributed by atoms with Crippen LogP contribution in [0.2, 0.25) is 0 Å². The van der Waals surface area contributed by atoms with Crippen LogP contribution in [0.5, 0.6) is 23.0 Å². The minimum atomic E-state index is -0.324. The first-order chi connectivity index (χ1) is 12.6. The maximum atomic E-state index is 6.74. The molecule has 138 valence electrons. The van der Waals surface area contributed by atoms with Crippen LogP contribution in [0.15, 0.2) is 30.3 Å². The highest BCUT2D eigenvalue weighted by Crippen LogP contribution is 2.52. The SMILES string of the molecule is COc1ccc(C2=C(Cl)c3cc(OC)c(OC)cc3[C@@H]2OC)cc1OC. The molecule has 0 spiro atoms. The van der Waals surface area contributed by atoms with E-state index in [9.17, 15) is 0 Å². The van der Waals surface area contributed by atoms with Gasteiger partial charge in [0.2, 0.25) is 0 Å². The van der Waals surface area contributed by atoms with Crippen molar-refractivity contribution in [1.82, 2.24) is 0 Å². The van der Waals surface area contributed by atoms with E-state index in [1.165, 1.54) is 0 Å². The first-order valence-electron chi connectivity index (χ1n) is 8.00. The topological polar surface area (TPSA) is 46.2 Å². The predicted octanol–water partition coefficient (Wildman–Crippen LogP) is 4.53. The van der Waals surface area contributed by atoms with Crippen molar-refractivity contribution in [2.45, 2.75) is 6.10 Å². The Morgan fingerprint density at radius 1 is 0.731 bits per heavy atom. The van der Waals surface area contributed by atoms with Gasteiger partial charge in [-0.1, -0.05) is 17.7 Å². The van der Waals surface area contributed by atoms with Gasteiger partial charge in [-0.25, -0.2) is 0 Å². The second-order valence-electron chi connectivity index (χ2n) is 5.71. The summed E-state index contributed by atoms with van der Waals surface area (Å²) in [6.07, 6.45) is -0.324. The molecule has 1 atom stereocenters. The van der Waals surface area contributed by atoms with Gasteiger partial charge in [-0.05, 0) is 35.4 Å². The van der Waals surface area contributed by atoms with E-state index in [-0.39, 0.29) is 6.10 Å². The summed E-state index contributed by atoms with van der Waals surface area (Å²) in [5, 5.41) is 0.611. The van der Waals surface area contributed by atoms with Crippen molar-refractivity contribution in [2.75, 3.05) is 35.5 Å². The molecule has 0 saturated heterocycles. The largest absolute Gasteiger partial charge is 0.493 e. The molecule has 1 aliphatic rings. The summed E-state index contributed by atoms with van der Waals surface area (Å²) in [6, 6.07) is 9.45. The fourth-order valence-corrected chi connectivity index (χ4v) is 3.62. The zero-order chi connectivity index (χ0) is 18.8. The van der Waals surface area contributed by atoms with Crippen molar-refractivity contribution in [3.05, 3.63) is 47.0 Å². The highest BCUT2D eigenvalue weighted by Gasteiger charge is 2.33. The summed E-state index contributed by atoms with van der Waals surface area (Å²) in [5.41, 5.74) is 3.55. The van der Waals surface area contributed by atoms with Crippen molar-refractivity contribution >= 4 is 22.2 Å². The lowest BCUT2D eigenvalue weighted by atomic mass is 9.99. The minimum Gasteiger partial charge on any atom is -0.493 e. The lowest BCUT2D eigenvalue weighted by Crippen LogP contribution is -2.03. The second-order valence-corrected chi connectivity index (χ2v) is 6.09. The van der Waals surface area contributed by atoms with Crippen molar-refractivity contribution in [3.8, 4) is 23.0 Å². The molecule has 0 amide bonds. The van der Waals surface area contributed by atoms with Crippen LogP contribution in [0.25, 0.3) is 10.6 Å². The number of hydrogen-bond acceptors (Lipinski definition) is 5. The molecule has 0 heterocycles. The van der Waals surface area contributed by atoms with Crippen LogP contribution in [0, 0.1) is 0 Å². The molecule has 26 heavy (non-hydrogen) atoms. The normalized spacial score (nSPS) is 15.7. The third kappa shape index (κ3) is 2.87. The fourth-order valence-electron chi connectivity index (χ4n) is 3.24. The van der Waals surface area contributed by atoms with E-state index in [1.54, 1.807) is 35.5 Å². The molecule has 0 radical (unpaired) electrons. The van der Waals surface area contributed by atoms with E-state index in [0.29, 0.717) is 28.0 Å². The quantitative estimate of drug-likeness (QED) is 0.741. The summed E-state index contributed by atoms with van der Waals surface area (Å²) >= 11 is 6.74. The molecule has 5 nitrogen and oxygen atoms in total. The number of hydrogen-bond donors (Lipinski definition) is 0. The lowest BCUT2D eigenvalue weighted by Gasteiger charge is -2.17. The summed E-state index contributed by atoms with van der Waals surface area (Å²) in [5.74, 6) is 2.53. The molecule has 0 unspecified atom stereocenters. The van der Waals surface area contributed by atoms with Gasteiger partial charge in [0.05, 0.1) is 33.5 Å². The Labute approximate surface area is 158 Å². The fraction of sp³-hybridized carbons (Fsp3) is 0.300. The van der Waals surface area contributed by atoms with Gasteiger partial charge >= 0.3 is 0 Å². The molecule has 0 N–H and O–H groups in total. The molecule has 0 fully saturated rings. The standard InChI is InChI=1S/C20H21ClO5/c1-22-14-7-6-11(8-15(14)23-2)18-19(21)12-9-16(24-3)17(25-4)10-13(12)20(18)26-5/h6-10,20H,1-5H3/t20-/m0/s1. The first kappa shape index (κ1) is 18.4. The van der Waals surface area contributed by atoms with Crippen LogP contribution in [-0.2, 0) is 4.74 Å². The maximum Gasteiger partial charge on any atom is 0.161 e. The lowest BCUT2D eigenvalue weighted by molar-refractivity contribution is 0.152.